The van der Waals surface area contributed by atoms with Crippen LogP contribution in [0.25, 0.3) is 0 Å². The highest BCUT2D eigenvalue weighted by Crippen LogP contribution is 2.24. The minimum atomic E-state index is -0.904. The molecule has 0 fully saturated rings. The lowest BCUT2D eigenvalue weighted by Gasteiger charge is -2.29. The second kappa shape index (κ2) is 12.9. The zero-order valence-corrected chi connectivity index (χ0v) is 20.0. The summed E-state index contributed by atoms with van der Waals surface area (Å²) in [6, 6.07) is 15.0. The number of aliphatic hydroxyl groups is 1. The Kier molecular flexibility index (Phi) is 10.6. The molecule has 0 aromatic heterocycles. The number of nitrogens with one attached hydrogen (secondary N) is 1. The Morgan fingerprint density at radius 2 is 1.88 bits per heavy atom. The maximum absolute atomic E-state index is 13.9. The molecule has 32 heavy (non-hydrogen) atoms. The van der Waals surface area contributed by atoms with Crippen LogP contribution in [-0.2, 0) is 17.6 Å². The average molecular weight is 463 g/mol. The van der Waals surface area contributed by atoms with Crippen LogP contribution in [0.4, 0.5) is 4.39 Å². The monoisotopic (exact) mass is 462 g/mol. The number of β-amino-alcohol motifs (C(OH)–C–C–N with tert-alkyl or cyclic N) is 1. The summed E-state index contributed by atoms with van der Waals surface area (Å²) in [5, 5.41) is 22.7. The predicted octanol–water partition coefficient (Wildman–Crippen LogP) is 4.53. The van der Waals surface area contributed by atoms with Crippen LogP contribution in [0.2, 0.25) is 0 Å². The molecular formula is C25H35FN2O3S. The number of aliphatic carboxylic acids is 1. The van der Waals surface area contributed by atoms with E-state index < -0.39 is 12.1 Å². The number of hydrogen-bond donors (Lipinski definition) is 3. The number of nitrogens with zero attached hydrogens (tertiary/aromatic N) is 1. The van der Waals surface area contributed by atoms with E-state index in [0.717, 1.165) is 19.3 Å². The molecule has 0 aliphatic heterocycles. The van der Waals surface area contributed by atoms with Crippen molar-refractivity contribution in [1.29, 1.82) is 0 Å². The highest BCUT2D eigenvalue weighted by Gasteiger charge is 2.19. The maximum Gasteiger partial charge on any atom is 0.303 e. The normalized spacial score (nSPS) is 12.8. The van der Waals surface area contributed by atoms with Gasteiger partial charge in [-0.1, -0.05) is 30.3 Å². The summed E-state index contributed by atoms with van der Waals surface area (Å²) in [7, 11) is 1.85. The minimum Gasteiger partial charge on any atom is -0.481 e. The van der Waals surface area contributed by atoms with Crippen LogP contribution in [0.15, 0.2) is 53.4 Å². The fraction of sp³-hybridized carbons (Fsp3) is 0.480. The smallest absolute Gasteiger partial charge is 0.303 e. The predicted molar refractivity (Wildman–Crippen MR) is 128 cm³/mol. The van der Waals surface area contributed by atoms with Gasteiger partial charge in [-0.15, -0.1) is 0 Å². The van der Waals surface area contributed by atoms with Crippen molar-refractivity contribution in [2.24, 2.45) is 0 Å². The number of rotatable bonds is 14. The molecule has 0 heterocycles. The molecule has 0 amide bonds. The number of carboxylic acids is 1. The molecule has 0 unspecified atom stereocenters. The molecule has 0 aliphatic rings. The molecule has 5 nitrogen and oxygen atoms in total. The Bertz CT molecular complexity index is 848. The number of carbonyl (C=O) groups is 1. The van der Waals surface area contributed by atoms with Gasteiger partial charge in [-0.2, -0.15) is 0 Å². The van der Waals surface area contributed by atoms with Gasteiger partial charge in [-0.25, -0.2) is 8.70 Å². The first-order valence-electron chi connectivity index (χ1n) is 11.0. The van der Waals surface area contributed by atoms with Crippen molar-refractivity contribution >= 4 is 17.9 Å². The summed E-state index contributed by atoms with van der Waals surface area (Å²) in [5.41, 5.74) is 1.91. The van der Waals surface area contributed by atoms with Crippen molar-refractivity contribution in [3.8, 4) is 0 Å². The molecule has 0 radical (unpaired) electrons. The van der Waals surface area contributed by atoms with Gasteiger partial charge in [0, 0.05) is 29.9 Å². The van der Waals surface area contributed by atoms with Gasteiger partial charge in [0.25, 0.3) is 0 Å². The van der Waals surface area contributed by atoms with E-state index in [1.807, 2.05) is 17.4 Å². The molecule has 176 valence electrons. The fourth-order valence-electron chi connectivity index (χ4n) is 3.51. The van der Waals surface area contributed by atoms with Gasteiger partial charge < -0.3 is 15.5 Å². The Morgan fingerprint density at radius 1 is 1.16 bits per heavy atom. The van der Waals surface area contributed by atoms with Gasteiger partial charge in [0.2, 0.25) is 0 Å². The number of benzene rings is 2. The number of carboxylic acid groups (broad SMARTS) is 1. The van der Waals surface area contributed by atoms with E-state index >= 15 is 0 Å². The summed E-state index contributed by atoms with van der Waals surface area (Å²) in [5.74, 6) is -1.29. The van der Waals surface area contributed by atoms with Crippen molar-refractivity contribution in [3.05, 3.63) is 65.5 Å². The lowest BCUT2D eigenvalue weighted by Crippen LogP contribution is -2.45. The second-order valence-corrected chi connectivity index (χ2v) is 10.1. The van der Waals surface area contributed by atoms with Crippen molar-refractivity contribution < 1.29 is 19.4 Å². The van der Waals surface area contributed by atoms with Crippen LogP contribution in [0.5, 0.6) is 0 Å². The molecule has 0 saturated heterocycles. The lowest BCUT2D eigenvalue weighted by molar-refractivity contribution is -0.136. The lowest BCUT2D eigenvalue weighted by atomic mass is 9.95. The van der Waals surface area contributed by atoms with Crippen LogP contribution < -0.4 is 5.32 Å². The first-order chi connectivity index (χ1) is 15.1. The number of hydrogen-bond acceptors (Lipinski definition) is 5. The summed E-state index contributed by atoms with van der Waals surface area (Å²) in [6.45, 7) is 5.18. The highest BCUT2D eigenvalue weighted by atomic mass is 32.2. The molecule has 2 aromatic carbocycles. The van der Waals surface area contributed by atoms with E-state index in [0.29, 0.717) is 23.5 Å². The van der Waals surface area contributed by atoms with Crippen LogP contribution in [0, 0.1) is 5.82 Å². The van der Waals surface area contributed by atoms with Gasteiger partial charge in [0.05, 0.1) is 6.10 Å². The van der Waals surface area contributed by atoms with Gasteiger partial charge in [-0.05, 0) is 87.9 Å². The molecule has 7 heteroatoms. The molecule has 1 atom stereocenters. The van der Waals surface area contributed by atoms with E-state index in [1.165, 1.54) is 29.6 Å². The fourth-order valence-corrected chi connectivity index (χ4v) is 4.49. The highest BCUT2D eigenvalue weighted by molar-refractivity contribution is 7.97. The molecule has 3 N–H and O–H groups in total. The molecule has 0 bridgehead atoms. The number of aliphatic hydroxyl groups excluding tert-OH is 1. The molecule has 0 saturated carbocycles. The topological polar surface area (TPSA) is 72.8 Å². The molecule has 0 aliphatic carbocycles. The minimum absolute atomic E-state index is 0.0328. The number of halogens is 1. The third kappa shape index (κ3) is 10.6. The zero-order chi connectivity index (χ0) is 23.6. The van der Waals surface area contributed by atoms with Crippen molar-refractivity contribution in [2.45, 2.75) is 62.5 Å². The van der Waals surface area contributed by atoms with Crippen LogP contribution in [0.1, 0.15) is 44.2 Å². The summed E-state index contributed by atoms with van der Waals surface area (Å²) in [6.07, 6.45) is 2.79. The van der Waals surface area contributed by atoms with E-state index in [1.54, 1.807) is 6.07 Å². The Balaban J connectivity index is 1.74. The Morgan fingerprint density at radius 3 is 2.56 bits per heavy atom. The number of aryl methyl sites for hydroxylation is 2. The van der Waals surface area contributed by atoms with E-state index in [9.17, 15) is 14.3 Å². The maximum atomic E-state index is 13.9. The van der Waals surface area contributed by atoms with Crippen LogP contribution in [-0.4, -0.2) is 52.3 Å². The largest absolute Gasteiger partial charge is 0.481 e. The van der Waals surface area contributed by atoms with Crippen molar-refractivity contribution in [3.63, 3.8) is 0 Å². The molecule has 0 spiro atoms. The first kappa shape index (κ1) is 26.3. The van der Waals surface area contributed by atoms with Crippen molar-refractivity contribution in [1.82, 2.24) is 9.62 Å². The van der Waals surface area contributed by atoms with Gasteiger partial charge >= 0.3 is 5.97 Å². The first-order valence-corrected chi connectivity index (χ1v) is 11.8. The zero-order valence-electron chi connectivity index (χ0n) is 19.2. The van der Waals surface area contributed by atoms with E-state index in [4.69, 9.17) is 5.11 Å². The quantitative estimate of drug-likeness (QED) is 0.358. The number of likely N-dealkylation sites (N-methyl/N-ethyl adjacent to an activating group) is 1. The van der Waals surface area contributed by atoms with Gasteiger partial charge in [-0.3, -0.25) is 4.79 Å². The van der Waals surface area contributed by atoms with Gasteiger partial charge in [0.15, 0.2) is 0 Å². The van der Waals surface area contributed by atoms with Crippen LogP contribution >= 0.6 is 11.9 Å². The van der Waals surface area contributed by atoms with Gasteiger partial charge in [0.1, 0.15) is 5.82 Å². The Labute approximate surface area is 195 Å². The van der Waals surface area contributed by atoms with Crippen LogP contribution in [0.3, 0.4) is 0 Å². The summed E-state index contributed by atoms with van der Waals surface area (Å²) < 4.78 is 15.8. The molecule has 2 aromatic rings. The van der Waals surface area contributed by atoms with E-state index in [-0.39, 0.29) is 24.2 Å². The third-order valence-corrected chi connectivity index (χ3v) is 6.12. The Hall–Kier alpha value is -1.93. The molecular weight excluding hydrogens is 427 g/mol. The summed E-state index contributed by atoms with van der Waals surface area (Å²) >= 11 is 1.34. The molecule has 2 rings (SSSR count). The third-order valence-electron chi connectivity index (χ3n) is 5.21. The second-order valence-electron chi connectivity index (χ2n) is 8.85. The van der Waals surface area contributed by atoms with Crippen molar-refractivity contribution in [2.75, 3.05) is 20.1 Å². The van der Waals surface area contributed by atoms with E-state index in [2.05, 4.69) is 43.4 Å². The summed E-state index contributed by atoms with van der Waals surface area (Å²) in [4.78, 5) is 11.4. The average Bonchev–Trinajstić information content (AvgIpc) is 2.71. The standard InChI is InChI=1S/C25H35FN2O3S/c1-25(2,13-7-10-19-8-5-4-6-9-19)27-17-22(29)18-28(3)32-23-15-20(11-12-24(30)31)14-21(26)16-23/h4-6,8-9,14-16,22,27,29H,7,10-13,17-18H2,1-3H3,(H,30,31)/t22-/m1/s1. The SMILES string of the molecule is CN(C[C@H](O)CNC(C)(C)CCCc1ccccc1)Sc1cc(F)cc(CCC(=O)O)c1.